The fraction of sp³-hybridized carbons (Fsp3) is 0.550. The Morgan fingerprint density at radius 1 is 1.26 bits per heavy atom. The summed E-state index contributed by atoms with van der Waals surface area (Å²) < 4.78 is 0. The number of likely N-dealkylation sites (tertiary alicyclic amines) is 1. The van der Waals surface area contributed by atoms with Crippen molar-refractivity contribution in [3.8, 4) is 0 Å². The molecule has 2 aliphatic rings. The molecule has 124 valence electrons. The van der Waals surface area contributed by atoms with Crippen molar-refractivity contribution in [1.29, 1.82) is 0 Å². The molecule has 2 saturated heterocycles. The van der Waals surface area contributed by atoms with Gasteiger partial charge < -0.3 is 5.32 Å². The zero-order chi connectivity index (χ0) is 16.4. The Morgan fingerprint density at radius 3 is 2.48 bits per heavy atom. The molecule has 2 aliphatic heterocycles. The Bertz CT molecular complexity index is 583. The van der Waals surface area contributed by atoms with Gasteiger partial charge in [-0.1, -0.05) is 42.0 Å². The van der Waals surface area contributed by atoms with E-state index in [9.17, 15) is 4.79 Å². The molecule has 0 saturated carbocycles. The second-order valence-electron chi connectivity index (χ2n) is 7.69. The van der Waals surface area contributed by atoms with Crippen LogP contribution in [0, 0.1) is 11.3 Å². The summed E-state index contributed by atoms with van der Waals surface area (Å²) >= 11 is 0. The summed E-state index contributed by atoms with van der Waals surface area (Å²) in [5, 5.41) is 3.12. The highest BCUT2D eigenvalue weighted by Gasteiger charge is 2.50. The van der Waals surface area contributed by atoms with E-state index in [1.54, 1.807) is 0 Å². The van der Waals surface area contributed by atoms with Crippen molar-refractivity contribution in [2.24, 2.45) is 11.3 Å². The van der Waals surface area contributed by atoms with E-state index in [2.05, 4.69) is 67.4 Å². The summed E-state index contributed by atoms with van der Waals surface area (Å²) in [5.41, 5.74) is 2.52. The molecule has 3 heteroatoms. The number of hydrogen-bond donors (Lipinski definition) is 1. The zero-order valence-corrected chi connectivity index (χ0v) is 14.5. The monoisotopic (exact) mass is 312 g/mol. The van der Waals surface area contributed by atoms with Gasteiger partial charge in [0.2, 0.25) is 5.91 Å². The minimum atomic E-state index is -0.171. The molecule has 0 spiro atoms. The third-order valence-electron chi connectivity index (χ3n) is 5.44. The smallest absolute Gasteiger partial charge is 0.228 e. The van der Waals surface area contributed by atoms with Crippen LogP contribution in [-0.2, 0) is 4.79 Å². The molecule has 1 atom stereocenters. The van der Waals surface area contributed by atoms with Gasteiger partial charge in [-0.2, -0.15) is 0 Å². The minimum Gasteiger partial charge on any atom is -0.351 e. The molecule has 3 nitrogen and oxygen atoms in total. The van der Waals surface area contributed by atoms with Gasteiger partial charge in [0, 0.05) is 12.6 Å². The largest absolute Gasteiger partial charge is 0.351 e. The van der Waals surface area contributed by atoms with Crippen LogP contribution >= 0.6 is 0 Å². The molecule has 23 heavy (non-hydrogen) atoms. The van der Waals surface area contributed by atoms with Crippen LogP contribution in [0.2, 0.25) is 0 Å². The molecular weight excluding hydrogens is 284 g/mol. The van der Waals surface area contributed by atoms with Gasteiger partial charge in [-0.15, -0.1) is 0 Å². The Kier molecular flexibility index (Phi) is 4.58. The van der Waals surface area contributed by atoms with Crippen molar-refractivity contribution in [2.45, 2.75) is 39.7 Å². The number of piperidine rings is 1. The molecular formula is C20H28N2O. The second-order valence-corrected chi connectivity index (χ2v) is 7.69. The standard InChI is InChI=1S/C20H28N2O/c1-15(13-16-7-5-4-6-8-16)14-22-11-9-17(10-12-22)18-20(2,3)19(23)21-18/h4-8,13,17-18H,9-12,14H2,1-3H3,(H,21,23). The SMILES string of the molecule is CC(=Cc1ccccc1)CN1CCC(C2NC(=O)C2(C)C)CC1. The van der Waals surface area contributed by atoms with Gasteiger partial charge in [0.15, 0.2) is 0 Å². The molecule has 1 aromatic carbocycles. The van der Waals surface area contributed by atoms with Crippen LogP contribution in [-0.4, -0.2) is 36.5 Å². The zero-order valence-electron chi connectivity index (χ0n) is 14.5. The highest BCUT2D eigenvalue weighted by molar-refractivity contribution is 5.89. The van der Waals surface area contributed by atoms with E-state index in [-0.39, 0.29) is 11.3 Å². The van der Waals surface area contributed by atoms with E-state index in [0.29, 0.717) is 12.0 Å². The van der Waals surface area contributed by atoms with Crippen molar-refractivity contribution < 1.29 is 4.79 Å². The summed E-state index contributed by atoms with van der Waals surface area (Å²) in [4.78, 5) is 14.2. The van der Waals surface area contributed by atoms with Gasteiger partial charge in [-0.05, 0) is 58.2 Å². The van der Waals surface area contributed by atoms with E-state index >= 15 is 0 Å². The molecule has 1 aromatic rings. The molecule has 0 radical (unpaired) electrons. The van der Waals surface area contributed by atoms with Gasteiger partial charge in [-0.25, -0.2) is 0 Å². The summed E-state index contributed by atoms with van der Waals surface area (Å²) in [5.74, 6) is 0.851. The average Bonchev–Trinajstić information content (AvgIpc) is 2.54. The van der Waals surface area contributed by atoms with E-state index in [4.69, 9.17) is 0 Å². The van der Waals surface area contributed by atoms with Crippen molar-refractivity contribution in [2.75, 3.05) is 19.6 Å². The Labute approximate surface area is 139 Å². The first-order valence-corrected chi connectivity index (χ1v) is 8.72. The van der Waals surface area contributed by atoms with E-state index in [1.807, 2.05) is 0 Å². The fourth-order valence-corrected chi connectivity index (χ4v) is 3.95. The lowest BCUT2D eigenvalue weighted by Crippen LogP contribution is -2.67. The number of benzene rings is 1. The molecule has 1 N–H and O–H groups in total. The highest BCUT2D eigenvalue weighted by atomic mass is 16.2. The minimum absolute atomic E-state index is 0.171. The molecule has 2 heterocycles. The van der Waals surface area contributed by atoms with Gasteiger partial charge in [0.25, 0.3) is 0 Å². The van der Waals surface area contributed by atoms with Crippen molar-refractivity contribution >= 4 is 12.0 Å². The van der Waals surface area contributed by atoms with Gasteiger partial charge in [0.05, 0.1) is 5.41 Å². The number of β-lactam (4-membered cyclic amide) rings is 1. The number of nitrogens with zero attached hydrogens (tertiary/aromatic N) is 1. The first-order valence-electron chi connectivity index (χ1n) is 8.72. The van der Waals surface area contributed by atoms with Crippen LogP contribution in [0.4, 0.5) is 0 Å². The number of nitrogens with one attached hydrogen (secondary N) is 1. The maximum absolute atomic E-state index is 11.7. The third kappa shape index (κ3) is 3.50. The number of carbonyl (C=O) groups excluding carboxylic acids is 1. The lowest BCUT2D eigenvalue weighted by molar-refractivity contribution is -0.146. The van der Waals surface area contributed by atoms with Crippen LogP contribution < -0.4 is 5.32 Å². The van der Waals surface area contributed by atoms with Crippen LogP contribution in [0.1, 0.15) is 39.2 Å². The second kappa shape index (κ2) is 6.48. The molecule has 3 rings (SSSR count). The van der Waals surface area contributed by atoms with Gasteiger partial charge >= 0.3 is 0 Å². The van der Waals surface area contributed by atoms with Crippen molar-refractivity contribution in [3.05, 3.63) is 41.5 Å². The van der Waals surface area contributed by atoms with Gasteiger partial charge in [-0.3, -0.25) is 9.69 Å². The first-order chi connectivity index (χ1) is 11.0. The summed E-state index contributed by atoms with van der Waals surface area (Å²) in [6.45, 7) is 9.68. The summed E-state index contributed by atoms with van der Waals surface area (Å²) in [6, 6.07) is 10.9. The molecule has 1 unspecified atom stereocenters. The number of hydrogen-bond acceptors (Lipinski definition) is 2. The van der Waals surface area contributed by atoms with Crippen LogP contribution in [0.3, 0.4) is 0 Å². The van der Waals surface area contributed by atoms with E-state index < -0.39 is 0 Å². The Morgan fingerprint density at radius 2 is 1.91 bits per heavy atom. The molecule has 0 aliphatic carbocycles. The number of amides is 1. The maximum Gasteiger partial charge on any atom is 0.228 e. The van der Waals surface area contributed by atoms with Crippen LogP contribution in [0.5, 0.6) is 0 Å². The predicted octanol–water partition coefficient (Wildman–Crippen LogP) is 3.33. The quantitative estimate of drug-likeness (QED) is 0.865. The van der Waals surface area contributed by atoms with Crippen LogP contribution in [0.15, 0.2) is 35.9 Å². The normalized spacial score (nSPS) is 25.8. The Balaban J connectivity index is 1.50. The maximum atomic E-state index is 11.7. The third-order valence-corrected chi connectivity index (χ3v) is 5.44. The lowest BCUT2D eigenvalue weighted by atomic mass is 9.68. The van der Waals surface area contributed by atoms with Crippen LogP contribution in [0.25, 0.3) is 6.08 Å². The number of rotatable bonds is 4. The fourth-order valence-electron chi connectivity index (χ4n) is 3.95. The number of carbonyl (C=O) groups is 1. The topological polar surface area (TPSA) is 32.3 Å². The molecule has 0 bridgehead atoms. The molecule has 1 amide bonds. The predicted molar refractivity (Wildman–Crippen MR) is 95.0 cm³/mol. The van der Waals surface area contributed by atoms with E-state index in [1.165, 1.54) is 24.0 Å². The first kappa shape index (κ1) is 16.3. The molecule has 2 fully saturated rings. The Hall–Kier alpha value is -1.61. The van der Waals surface area contributed by atoms with Crippen molar-refractivity contribution in [3.63, 3.8) is 0 Å². The van der Waals surface area contributed by atoms with Gasteiger partial charge in [0.1, 0.15) is 0 Å². The molecule has 0 aromatic heterocycles. The average molecular weight is 312 g/mol. The van der Waals surface area contributed by atoms with E-state index in [0.717, 1.165) is 19.6 Å². The highest BCUT2D eigenvalue weighted by Crippen LogP contribution is 2.38. The summed E-state index contributed by atoms with van der Waals surface area (Å²) in [7, 11) is 0. The summed E-state index contributed by atoms with van der Waals surface area (Å²) in [6.07, 6.45) is 4.65. The lowest BCUT2D eigenvalue weighted by Gasteiger charge is -2.50. The van der Waals surface area contributed by atoms with Crippen molar-refractivity contribution in [1.82, 2.24) is 10.2 Å².